The number of fused-ring (bicyclic) bond motifs is 2. The molecule has 0 radical (unpaired) electrons. The van der Waals surface area contributed by atoms with E-state index in [1.165, 1.54) is 6.07 Å². The van der Waals surface area contributed by atoms with Crippen molar-refractivity contribution < 1.29 is 22.0 Å². The highest BCUT2D eigenvalue weighted by Crippen LogP contribution is 2.37. The molecule has 1 aliphatic carbocycles. The quantitative estimate of drug-likeness (QED) is 0.329. The van der Waals surface area contributed by atoms with Gasteiger partial charge in [0.25, 0.3) is 5.91 Å². The second-order valence-corrected chi connectivity index (χ2v) is 13.1. The first-order valence-electron chi connectivity index (χ1n) is 13.7. The maximum atomic E-state index is 13.8. The van der Waals surface area contributed by atoms with Crippen LogP contribution in [0.25, 0.3) is 28.1 Å². The zero-order valence-corrected chi connectivity index (χ0v) is 24.0. The van der Waals surface area contributed by atoms with E-state index in [4.69, 9.17) is 10.7 Å². The Hall–Kier alpha value is -3.58. The summed E-state index contributed by atoms with van der Waals surface area (Å²) in [6, 6.07) is 8.46. The number of sulfonamides is 1. The Labute approximate surface area is 236 Å². The fourth-order valence-corrected chi connectivity index (χ4v) is 6.60. The van der Waals surface area contributed by atoms with Crippen molar-refractivity contribution in [2.24, 2.45) is 11.7 Å². The number of carbonyl (C=O) groups is 1. The zero-order chi connectivity index (χ0) is 29.2. The van der Waals surface area contributed by atoms with Crippen LogP contribution in [-0.4, -0.2) is 70.1 Å². The number of halogens is 2. The molecule has 13 heteroatoms. The average molecular weight is 586 g/mol. The van der Waals surface area contributed by atoms with Crippen LogP contribution in [0.5, 0.6) is 0 Å². The normalized spacial score (nSPS) is 18.1. The van der Waals surface area contributed by atoms with E-state index < -0.39 is 16.6 Å². The maximum absolute atomic E-state index is 13.8. The van der Waals surface area contributed by atoms with Gasteiger partial charge >= 0.3 is 6.55 Å². The molecule has 2 N–H and O–H groups in total. The van der Waals surface area contributed by atoms with Gasteiger partial charge in [-0.05, 0) is 75.8 Å². The molecule has 0 aromatic carbocycles. The highest BCUT2D eigenvalue weighted by molar-refractivity contribution is 7.92. The largest absolute Gasteiger partial charge is 0.337 e. The van der Waals surface area contributed by atoms with Gasteiger partial charge in [-0.1, -0.05) is 0 Å². The molecule has 1 atom stereocenters. The van der Waals surface area contributed by atoms with E-state index in [-0.39, 0.29) is 22.1 Å². The number of hydrogen-bond donors (Lipinski definition) is 1. The lowest BCUT2D eigenvalue weighted by Crippen LogP contribution is -2.45. The fourth-order valence-electron chi connectivity index (χ4n) is 5.87. The molecule has 0 bridgehead atoms. The molecule has 2 aliphatic rings. The molecular formula is C28H33F2N7O3S. The first kappa shape index (κ1) is 27.6. The van der Waals surface area contributed by atoms with Crippen LogP contribution in [-0.2, 0) is 16.6 Å². The predicted molar refractivity (Wildman–Crippen MR) is 153 cm³/mol. The lowest BCUT2D eigenvalue weighted by molar-refractivity contribution is 0.0708. The van der Waals surface area contributed by atoms with Gasteiger partial charge in [-0.3, -0.25) is 4.79 Å². The number of imidazole rings is 1. The number of carbonyl (C=O) groups excluding carboxylic acids is 1. The van der Waals surface area contributed by atoms with Gasteiger partial charge < -0.3 is 19.6 Å². The number of alkyl halides is 2. The number of piperidine rings is 1. The van der Waals surface area contributed by atoms with Crippen molar-refractivity contribution in [1.82, 2.24) is 23.8 Å². The van der Waals surface area contributed by atoms with Gasteiger partial charge in [0.15, 0.2) is 0 Å². The van der Waals surface area contributed by atoms with Crippen molar-refractivity contribution in [3.05, 3.63) is 47.3 Å². The number of amides is 1. The van der Waals surface area contributed by atoms with Crippen molar-refractivity contribution in [3.63, 3.8) is 0 Å². The minimum atomic E-state index is -4.25. The van der Waals surface area contributed by atoms with Crippen LogP contribution in [0.3, 0.4) is 0 Å². The van der Waals surface area contributed by atoms with E-state index in [9.17, 15) is 22.0 Å². The van der Waals surface area contributed by atoms with E-state index in [1.807, 2.05) is 34.9 Å². The lowest BCUT2D eigenvalue weighted by Gasteiger charge is -2.30. The summed E-state index contributed by atoms with van der Waals surface area (Å²) in [6.45, 7) is 2.43. The van der Waals surface area contributed by atoms with Gasteiger partial charge in [-0.2, -0.15) is 13.1 Å². The minimum Gasteiger partial charge on any atom is -0.337 e. The van der Waals surface area contributed by atoms with E-state index in [0.717, 1.165) is 49.0 Å². The van der Waals surface area contributed by atoms with Gasteiger partial charge in [0.2, 0.25) is 10.0 Å². The SMILES string of the molecule is Cc1cc(C(=O)N2CCC[C@@H](N)C2)cc2nc(-c3cc4ccc(N(C(F)F)S(C)(=O)=O)nc4n3CC3CC3)c(C)n12. The smallest absolute Gasteiger partial charge is 0.329 e. The maximum Gasteiger partial charge on any atom is 0.329 e. The molecule has 6 rings (SSSR count). The third kappa shape index (κ3) is 5.05. The summed E-state index contributed by atoms with van der Waals surface area (Å²) in [5.41, 5.74) is 10.9. The molecular weight excluding hydrogens is 552 g/mol. The number of anilines is 1. The van der Waals surface area contributed by atoms with E-state index in [1.54, 1.807) is 17.0 Å². The molecule has 41 heavy (non-hydrogen) atoms. The molecule has 4 aromatic heterocycles. The second kappa shape index (κ2) is 10.1. The number of nitrogens with two attached hydrogens (primary N) is 1. The summed E-state index contributed by atoms with van der Waals surface area (Å²) >= 11 is 0. The highest BCUT2D eigenvalue weighted by Gasteiger charge is 2.31. The Morgan fingerprint density at radius 3 is 2.56 bits per heavy atom. The van der Waals surface area contributed by atoms with Crippen LogP contribution in [0, 0.1) is 19.8 Å². The summed E-state index contributed by atoms with van der Waals surface area (Å²) in [7, 11) is -4.25. The fraction of sp³-hybridized carbons (Fsp3) is 0.464. The van der Waals surface area contributed by atoms with Crippen molar-refractivity contribution in [3.8, 4) is 11.4 Å². The number of rotatable bonds is 7. The predicted octanol–water partition coefficient (Wildman–Crippen LogP) is 3.93. The average Bonchev–Trinajstić information content (AvgIpc) is 3.56. The van der Waals surface area contributed by atoms with Crippen LogP contribution < -0.4 is 10.0 Å². The van der Waals surface area contributed by atoms with Gasteiger partial charge in [-0.25, -0.2) is 18.4 Å². The van der Waals surface area contributed by atoms with Crippen molar-refractivity contribution in [1.29, 1.82) is 0 Å². The van der Waals surface area contributed by atoms with E-state index in [2.05, 4.69) is 4.98 Å². The van der Waals surface area contributed by atoms with E-state index in [0.29, 0.717) is 53.5 Å². The number of aromatic nitrogens is 4. The summed E-state index contributed by atoms with van der Waals surface area (Å²) < 4.78 is 55.8. The molecule has 1 saturated carbocycles. The van der Waals surface area contributed by atoms with Crippen molar-refractivity contribution in [2.75, 3.05) is 23.7 Å². The summed E-state index contributed by atoms with van der Waals surface area (Å²) in [5, 5.41) is 0.692. The van der Waals surface area contributed by atoms with Crippen LogP contribution in [0.2, 0.25) is 0 Å². The summed E-state index contributed by atoms with van der Waals surface area (Å²) in [5.74, 6) is 0.0111. The van der Waals surface area contributed by atoms with Crippen molar-refractivity contribution >= 4 is 38.4 Å². The molecule has 0 unspecified atom stereocenters. The Bertz CT molecular complexity index is 1780. The minimum absolute atomic E-state index is 0.0227. The third-order valence-electron chi connectivity index (χ3n) is 8.00. The summed E-state index contributed by atoms with van der Waals surface area (Å²) in [4.78, 5) is 24.5. The first-order valence-corrected chi connectivity index (χ1v) is 15.6. The van der Waals surface area contributed by atoms with Crippen LogP contribution in [0.4, 0.5) is 14.6 Å². The van der Waals surface area contributed by atoms with Gasteiger partial charge in [0.1, 0.15) is 22.8 Å². The molecule has 218 valence electrons. The molecule has 5 heterocycles. The second-order valence-electron chi connectivity index (χ2n) is 11.3. The standard InChI is InChI=1S/C28H33F2N7O3S/c1-16-11-20(27(38)34-10-4-5-21(31)15-34)13-24-32-25(17(2)36(16)24)22-12-19-8-9-23(37(28(29)30)41(3,39)40)33-26(19)35(22)14-18-6-7-18/h8-9,11-13,18,21,28H,4-7,10,14-15,31H2,1-3H3/t21-/m1/s1. The molecule has 0 spiro atoms. The van der Waals surface area contributed by atoms with Crippen LogP contribution in [0.1, 0.15) is 47.4 Å². The number of pyridine rings is 2. The topological polar surface area (TPSA) is 119 Å². The third-order valence-corrected chi connectivity index (χ3v) is 9.06. The Morgan fingerprint density at radius 1 is 1.15 bits per heavy atom. The van der Waals surface area contributed by atoms with Crippen LogP contribution in [0.15, 0.2) is 30.3 Å². The molecule has 1 amide bonds. The monoisotopic (exact) mass is 585 g/mol. The number of hydrogen-bond acceptors (Lipinski definition) is 6. The summed E-state index contributed by atoms with van der Waals surface area (Å²) in [6.07, 6.45) is 4.60. The van der Waals surface area contributed by atoms with E-state index >= 15 is 0 Å². The van der Waals surface area contributed by atoms with Gasteiger partial charge in [-0.15, -0.1) is 0 Å². The van der Waals surface area contributed by atoms with Crippen LogP contribution >= 0.6 is 0 Å². The molecule has 1 saturated heterocycles. The number of aryl methyl sites for hydroxylation is 2. The molecule has 10 nitrogen and oxygen atoms in total. The van der Waals surface area contributed by atoms with Gasteiger partial charge in [0, 0.05) is 48.0 Å². The highest BCUT2D eigenvalue weighted by atomic mass is 32.2. The first-order chi connectivity index (χ1) is 19.4. The Kier molecular flexibility index (Phi) is 6.76. The van der Waals surface area contributed by atoms with Gasteiger partial charge in [0.05, 0.1) is 11.9 Å². The van der Waals surface area contributed by atoms with Crippen molar-refractivity contribution in [2.45, 2.75) is 58.7 Å². The molecule has 1 aliphatic heterocycles. The Morgan fingerprint density at radius 2 is 1.90 bits per heavy atom. The zero-order valence-electron chi connectivity index (χ0n) is 23.2. The lowest BCUT2D eigenvalue weighted by atomic mass is 10.1. The molecule has 2 fully saturated rings. The number of likely N-dealkylation sites (tertiary alicyclic amines) is 1. The Balaban J connectivity index is 1.47. The number of nitrogens with zero attached hydrogens (tertiary/aromatic N) is 6. The molecule has 4 aromatic rings.